The first-order valence-corrected chi connectivity index (χ1v) is 7.55. The Kier molecular flexibility index (Phi) is 5.56. The van der Waals surface area contributed by atoms with Crippen molar-refractivity contribution in [2.45, 2.75) is 19.9 Å². The summed E-state index contributed by atoms with van der Waals surface area (Å²) in [7, 11) is 0. The number of carbonyl (C=O) groups excluding carboxylic acids is 1. The van der Waals surface area contributed by atoms with Crippen LogP contribution in [0.2, 0.25) is 0 Å². The van der Waals surface area contributed by atoms with Crippen LogP contribution in [0.4, 0.5) is 0 Å². The lowest BCUT2D eigenvalue weighted by atomic mass is 10.1. The van der Waals surface area contributed by atoms with Crippen LogP contribution in [0.1, 0.15) is 21.6 Å². The van der Waals surface area contributed by atoms with Crippen LogP contribution in [0.3, 0.4) is 0 Å². The molecule has 1 aromatic heterocycles. The predicted molar refractivity (Wildman–Crippen MR) is 85.0 cm³/mol. The molecule has 0 radical (unpaired) electrons. The monoisotopic (exact) mass is 299 g/mol. The van der Waals surface area contributed by atoms with Gasteiger partial charge in [-0.05, 0) is 23.9 Å². The first-order valence-electron chi connectivity index (χ1n) is 6.67. The highest BCUT2D eigenvalue weighted by Crippen LogP contribution is 2.15. The largest absolute Gasteiger partial charge is 0.384 e. The van der Waals surface area contributed by atoms with Crippen molar-refractivity contribution in [1.29, 1.82) is 0 Å². The fraction of sp³-hybridized carbons (Fsp3) is 0.235. The molecule has 0 saturated carbocycles. The number of aliphatic hydroxyl groups is 1. The second kappa shape index (κ2) is 7.63. The van der Waals surface area contributed by atoms with Gasteiger partial charge in [-0.1, -0.05) is 41.7 Å². The summed E-state index contributed by atoms with van der Waals surface area (Å²) in [5, 5.41) is 13.6. The summed E-state index contributed by atoms with van der Waals surface area (Å²) in [6, 6.07) is 9.84. The van der Waals surface area contributed by atoms with Gasteiger partial charge in [-0.2, -0.15) is 0 Å². The zero-order chi connectivity index (χ0) is 15.1. The number of carbonyl (C=O) groups is 1. The van der Waals surface area contributed by atoms with Gasteiger partial charge < -0.3 is 10.4 Å². The van der Waals surface area contributed by atoms with E-state index in [1.54, 1.807) is 11.3 Å². The van der Waals surface area contributed by atoms with Crippen LogP contribution in [-0.4, -0.2) is 17.6 Å². The Morgan fingerprint density at radius 2 is 2.24 bits per heavy atom. The topological polar surface area (TPSA) is 49.3 Å². The standard InChI is InChI=1S/C17H17NO2S/c1-13-4-2-5-14(10-13)11-17(20)18-12-16-15(6-3-8-19)7-9-21-16/h2,4-5,7,9-10,19H,8,11-12H2,1H3,(H,18,20). The molecule has 21 heavy (non-hydrogen) atoms. The molecule has 0 aliphatic heterocycles. The molecule has 0 saturated heterocycles. The van der Waals surface area contributed by atoms with E-state index in [2.05, 4.69) is 17.2 Å². The SMILES string of the molecule is Cc1cccc(CC(=O)NCc2sccc2C#CCO)c1. The lowest BCUT2D eigenvalue weighted by Crippen LogP contribution is -2.24. The molecule has 1 heterocycles. The average molecular weight is 299 g/mol. The van der Waals surface area contributed by atoms with Crippen LogP contribution in [-0.2, 0) is 17.8 Å². The second-order valence-electron chi connectivity index (χ2n) is 4.66. The Balaban J connectivity index is 1.91. The van der Waals surface area contributed by atoms with Gasteiger partial charge in [0.05, 0.1) is 13.0 Å². The molecule has 1 aromatic carbocycles. The zero-order valence-corrected chi connectivity index (χ0v) is 12.7. The van der Waals surface area contributed by atoms with E-state index < -0.39 is 0 Å². The number of amides is 1. The fourth-order valence-electron chi connectivity index (χ4n) is 1.97. The minimum atomic E-state index is -0.158. The van der Waals surface area contributed by atoms with E-state index in [0.29, 0.717) is 13.0 Å². The zero-order valence-electron chi connectivity index (χ0n) is 11.8. The summed E-state index contributed by atoms with van der Waals surface area (Å²) in [6.45, 7) is 2.33. The van der Waals surface area contributed by atoms with E-state index in [-0.39, 0.29) is 12.5 Å². The molecular formula is C17H17NO2S. The van der Waals surface area contributed by atoms with Crippen molar-refractivity contribution in [1.82, 2.24) is 5.32 Å². The van der Waals surface area contributed by atoms with Crippen molar-refractivity contribution in [3.8, 4) is 11.8 Å². The Bertz CT molecular complexity index is 679. The van der Waals surface area contributed by atoms with E-state index in [1.807, 2.05) is 42.6 Å². The van der Waals surface area contributed by atoms with Crippen molar-refractivity contribution in [2.75, 3.05) is 6.61 Å². The second-order valence-corrected chi connectivity index (χ2v) is 5.66. The van der Waals surface area contributed by atoms with Crippen molar-refractivity contribution >= 4 is 17.2 Å². The van der Waals surface area contributed by atoms with Gasteiger partial charge in [0.25, 0.3) is 0 Å². The number of aliphatic hydroxyl groups excluding tert-OH is 1. The van der Waals surface area contributed by atoms with Gasteiger partial charge in [0.15, 0.2) is 0 Å². The van der Waals surface area contributed by atoms with Gasteiger partial charge >= 0.3 is 0 Å². The molecule has 0 aliphatic rings. The van der Waals surface area contributed by atoms with Gasteiger partial charge in [-0.3, -0.25) is 4.79 Å². The van der Waals surface area contributed by atoms with E-state index in [4.69, 9.17) is 5.11 Å². The molecule has 0 fully saturated rings. The van der Waals surface area contributed by atoms with Crippen LogP contribution in [0.15, 0.2) is 35.7 Å². The maximum atomic E-state index is 12.0. The highest BCUT2D eigenvalue weighted by molar-refractivity contribution is 7.10. The van der Waals surface area contributed by atoms with Gasteiger partial charge in [0.1, 0.15) is 6.61 Å². The van der Waals surface area contributed by atoms with E-state index in [9.17, 15) is 4.79 Å². The maximum absolute atomic E-state index is 12.0. The number of thiophene rings is 1. The smallest absolute Gasteiger partial charge is 0.224 e. The lowest BCUT2D eigenvalue weighted by Gasteiger charge is -2.05. The Morgan fingerprint density at radius 3 is 3.00 bits per heavy atom. The minimum absolute atomic E-state index is 0.00457. The number of aryl methyl sites for hydroxylation is 1. The maximum Gasteiger partial charge on any atom is 0.224 e. The molecule has 0 aliphatic carbocycles. The van der Waals surface area contributed by atoms with Gasteiger partial charge in [0, 0.05) is 10.4 Å². The van der Waals surface area contributed by atoms with Gasteiger partial charge in [-0.15, -0.1) is 11.3 Å². The molecule has 4 heteroatoms. The average Bonchev–Trinajstić information content (AvgIpc) is 2.90. The Hall–Kier alpha value is -2.09. The van der Waals surface area contributed by atoms with Crippen LogP contribution >= 0.6 is 11.3 Å². The van der Waals surface area contributed by atoms with Crippen molar-refractivity contribution in [2.24, 2.45) is 0 Å². The minimum Gasteiger partial charge on any atom is -0.384 e. The molecule has 2 aromatic rings. The molecule has 2 N–H and O–H groups in total. The van der Waals surface area contributed by atoms with Crippen molar-refractivity contribution < 1.29 is 9.90 Å². The highest BCUT2D eigenvalue weighted by atomic mass is 32.1. The van der Waals surface area contributed by atoms with Crippen molar-refractivity contribution in [3.05, 3.63) is 57.3 Å². The molecular weight excluding hydrogens is 282 g/mol. The third-order valence-corrected chi connectivity index (χ3v) is 3.86. The summed E-state index contributed by atoms with van der Waals surface area (Å²) in [4.78, 5) is 13.0. The lowest BCUT2D eigenvalue weighted by molar-refractivity contribution is -0.120. The van der Waals surface area contributed by atoms with E-state index in [0.717, 1.165) is 21.6 Å². The highest BCUT2D eigenvalue weighted by Gasteiger charge is 2.06. The number of nitrogens with one attached hydrogen (secondary N) is 1. The summed E-state index contributed by atoms with van der Waals surface area (Å²) in [5.74, 6) is 5.50. The number of hydrogen-bond acceptors (Lipinski definition) is 3. The number of hydrogen-bond donors (Lipinski definition) is 2. The Labute approximate surface area is 128 Å². The van der Waals surface area contributed by atoms with Crippen LogP contribution in [0.25, 0.3) is 0 Å². The summed E-state index contributed by atoms with van der Waals surface area (Å²) in [5.41, 5.74) is 3.03. The molecule has 0 bridgehead atoms. The summed E-state index contributed by atoms with van der Waals surface area (Å²) >= 11 is 1.55. The predicted octanol–water partition coefficient (Wildman–Crippen LogP) is 2.26. The quantitative estimate of drug-likeness (QED) is 0.851. The summed E-state index contributed by atoms with van der Waals surface area (Å²) in [6.07, 6.45) is 0.380. The van der Waals surface area contributed by atoms with Gasteiger partial charge in [0.2, 0.25) is 5.91 Å². The normalized spacial score (nSPS) is 9.81. The fourth-order valence-corrected chi connectivity index (χ4v) is 2.74. The molecule has 3 nitrogen and oxygen atoms in total. The third-order valence-electron chi connectivity index (χ3n) is 2.94. The molecule has 1 amide bonds. The molecule has 0 spiro atoms. The first kappa shape index (κ1) is 15.3. The molecule has 0 unspecified atom stereocenters. The molecule has 0 atom stereocenters. The molecule has 108 valence electrons. The summed E-state index contributed by atoms with van der Waals surface area (Å²) < 4.78 is 0. The van der Waals surface area contributed by atoms with Crippen molar-refractivity contribution in [3.63, 3.8) is 0 Å². The van der Waals surface area contributed by atoms with Gasteiger partial charge in [-0.25, -0.2) is 0 Å². The first-order chi connectivity index (χ1) is 10.2. The number of benzene rings is 1. The van der Waals surface area contributed by atoms with Crippen LogP contribution in [0.5, 0.6) is 0 Å². The number of rotatable bonds is 4. The van der Waals surface area contributed by atoms with E-state index >= 15 is 0 Å². The van der Waals surface area contributed by atoms with Crippen LogP contribution < -0.4 is 5.32 Å². The van der Waals surface area contributed by atoms with E-state index in [1.165, 1.54) is 0 Å². The Morgan fingerprint density at radius 1 is 1.38 bits per heavy atom. The molecule has 2 rings (SSSR count). The third kappa shape index (κ3) is 4.75. The van der Waals surface area contributed by atoms with Crippen LogP contribution in [0, 0.1) is 18.8 Å².